The largest absolute Gasteiger partial charge is 0.399 e. The molecular weight excluding hydrogens is 350 g/mol. The van der Waals surface area contributed by atoms with Crippen LogP contribution in [0.2, 0.25) is 19.6 Å². The first-order valence-corrected chi connectivity index (χ1v) is 11.3. The van der Waals surface area contributed by atoms with E-state index in [-0.39, 0.29) is 0 Å². The highest BCUT2D eigenvalue weighted by Crippen LogP contribution is 2.39. The topological polar surface area (TPSA) is 33.0 Å². The fourth-order valence-corrected chi connectivity index (χ4v) is 4.47. The van der Waals surface area contributed by atoms with Crippen LogP contribution in [0.4, 0.5) is 0 Å². The van der Waals surface area contributed by atoms with Gasteiger partial charge in [0.25, 0.3) is 0 Å². The molecule has 0 saturated heterocycles. The van der Waals surface area contributed by atoms with Gasteiger partial charge in [-0.2, -0.15) is 5.26 Å². The van der Waals surface area contributed by atoms with Crippen molar-refractivity contribution in [2.45, 2.75) is 25.7 Å². The van der Waals surface area contributed by atoms with Crippen LogP contribution in [0.25, 0.3) is 10.4 Å². The summed E-state index contributed by atoms with van der Waals surface area (Å²) in [5, 5.41) is 9.38. The van der Waals surface area contributed by atoms with Crippen LogP contribution in [0.5, 0.6) is 0 Å². The van der Waals surface area contributed by atoms with Gasteiger partial charge in [-0.25, -0.2) is 0 Å². The first-order chi connectivity index (χ1) is 9.40. The van der Waals surface area contributed by atoms with Crippen LogP contribution in [-0.4, -0.2) is 8.32 Å². The van der Waals surface area contributed by atoms with E-state index in [1.807, 2.05) is 18.2 Å². The first-order valence-electron chi connectivity index (χ1n) is 6.33. The zero-order chi connectivity index (χ0) is 14.8. The highest BCUT2D eigenvalue weighted by atomic mass is 79.9. The van der Waals surface area contributed by atoms with Gasteiger partial charge in [-0.05, 0) is 47.2 Å². The molecule has 0 fully saturated rings. The maximum absolute atomic E-state index is 9.38. The first kappa shape index (κ1) is 15.5. The van der Waals surface area contributed by atoms with Gasteiger partial charge in [0.05, 0.1) is 9.86 Å². The van der Waals surface area contributed by atoms with E-state index in [4.69, 9.17) is 4.43 Å². The zero-order valence-corrected chi connectivity index (χ0v) is 15.1. The Morgan fingerprint density at radius 3 is 2.45 bits per heavy atom. The summed E-state index contributed by atoms with van der Waals surface area (Å²) in [4.78, 5) is 1.15. The van der Waals surface area contributed by atoms with E-state index >= 15 is 0 Å². The molecular formula is C15H16BrNOSSi. The Balaban J connectivity index is 2.34. The molecule has 1 atom stereocenters. The van der Waals surface area contributed by atoms with Crippen molar-refractivity contribution in [1.82, 2.24) is 0 Å². The van der Waals surface area contributed by atoms with E-state index in [0.29, 0.717) is 0 Å². The Kier molecular flexibility index (Phi) is 4.81. The second kappa shape index (κ2) is 6.23. The molecule has 0 saturated carbocycles. The van der Waals surface area contributed by atoms with Crippen LogP contribution in [-0.2, 0) is 4.43 Å². The molecule has 2 rings (SSSR count). The summed E-state index contributed by atoms with van der Waals surface area (Å²) >= 11 is 5.20. The molecule has 0 amide bonds. The average molecular weight is 366 g/mol. The molecule has 5 heteroatoms. The van der Waals surface area contributed by atoms with Crippen LogP contribution in [0.3, 0.4) is 0 Å². The third kappa shape index (κ3) is 3.80. The fourth-order valence-electron chi connectivity index (χ4n) is 1.82. The summed E-state index contributed by atoms with van der Waals surface area (Å²) < 4.78 is 6.93. The quantitative estimate of drug-likeness (QED) is 0.661. The molecule has 1 aromatic carbocycles. The molecule has 20 heavy (non-hydrogen) atoms. The number of hydrogen-bond donors (Lipinski definition) is 0. The van der Waals surface area contributed by atoms with Gasteiger partial charge < -0.3 is 4.43 Å². The smallest absolute Gasteiger partial charge is 0.186 e. The summed E-state index contributed by atoms with van der Waals surface area (Å²) in [6, 6.07) is 14.5. The predicted octanol–water partition coefficient (Wildman–Crippen LogP) is 5.59. The standard InChI is InChI=1S/C15H16BrNOSSi/c1-20(2,3)18-13(10-17)12-9-14(19-15(12)16)11-7-5-4-6-8-11/h4-9,13H,1-3H3. The average Bonchev–Trinajstić information content (AvgIpc) is 2.78. The number of thiophene rings is 1. The monoisotopic (exact) mass is 365 g/mol. The van der Waals surface area contributed by atoms with Crippen LogP contribution in [0.15, 0.2) is 40.2 Å². The number of rotatable bonds is 4. The molecule has 1 unspecified atom stereocenters. The van der Waals surface area contributed by atoms with Crippen molar-refractivity contribution >= 4 is 35.6 Å². The lowest BCUT2D eigenvalue weighted by Crippen LogP contribution is -2.27. The van der Waals surface area contributed by atoms with E-state index in [9.17, 15) is 5.26 Å². The van der Waals surface area contributed by atoms with Gasteiger partial charge in [-0.3, -0.25) is 0 Å². The number of benzene rings is 1. The summed E-state index contributed by atoms with van der Waals surface area (Å²) in [5.74, 6) is 0. The number of nitrogens with zero attached hydrogens (tertiary/aromatic N) is 1. The molecule has 0 bridgehead atoms. The molecule has 2 aromatic rings. The summed E-state index contributed by atoms with van der Waals surface area (Å²) in [5.41, 5.74) is 2.09. The molecule has 104 valence electrons. The molecule has 1 aromatic heterocycles. The van der Waals surface area contributed by atoms with Crippen molar-refractivity contribution in [3.8, 4) is 16.5 Å². The lowest BCUT2D eigenvalue weighted by Gasteiger charge is -2.21. The maximum atomic E-state index is 9.38. The third-order valence-corrected chi connectivity index (χ3v) is 5.52. The second-order valence-corrected chi connectivity index (χ2v) is 12.3. The Bertz CT molecular complexity index is 628. The summed E-state index contributed by atoms with van der Waals surface area (Å²) in [6.07, 6.45) is -0.496. The van der Waals surface area contributed by atoms with Crippen molar-refractivity contribution in [1.29, 1.82) is 5.26 Å². The SMILES string of the molecule is C[Si](C)(C)OC(C#N)c1cc(-c2ccccc2)sc1Br. The van der Waals surface area contributed by atoms with Crippen molar-refractivity contribution in [2.24, 2.45) is 0 Å². The Hall–Kier alpha value is -0.933. The molecule has 1 heterocycles. The van der Waals surface area contributed by atoms with Crippen LogP contribution in [0, 0.1) is 11.3 Å². The van der Waals surface area contributed by atoms with Gasteiger partial charge in [0.2, 0.25) is 0 Å². The normalized spacial score (nSPS) is 12.9. The van der Waals surface area contributed by atoms with Gasteiger partial charge in [0.15, 0.2) is 14.4 Å². The van der Waals surface area contributed by atoms with Crippen LogP contribution >= 0.6 is 27.3 Å². The minimum Gasteiger partial charge on any atom is -0.399 e. The number of halogens is 1. The van der Waals surface area contributed by atoms with Crippen molar-refractivity contribution in [3.05, 3.63) is 45.7 Å². The fraction of sp³-hybridized carbons (Fsp3) is 0.267. The van der Waals surface area contributed by atoms with E-state index in [1.165, 1.54) is 0 Å². The lowest BCUT2D eigenvalue weighted by atomic mass is 10.1. The predicted molar refractivity (Wildman–Crippen MR) is 90.2 cm³/mol. The van der Waals surface area contributed by atoms with E-state index in [1.54, 1.807) is 11.3 Å². The molecule has 0 aliphatic rings. The Morgan fingerprint density at radius 1 is 1.25 bits per heavy atom. The molecule has 0 N–H and O–H groups in total. The lowest BCUT2D eigenvalue weighted by molar-refractivity contribution is 0.255. The third-order valence-electron chi connectivity index (χ3n) is 2.64. The van der Waals surface area contributed by atoms with Gasteiger partial charge in [0.1, 0.15) is 0 Å². The summed E-state index contributed by atoms with van der Waals surface area (Å²) in [6.45, 7) is 6.28. The summed E-state index contributed by atoms with van der Waals surface area (Å²) in [7, 11) is -1.76. The Labute approximate surface area is 133 Å². The molecule has 0 radical (unpaired) electrons. The highest BCUT2D eigenvalue weighted by molar-refractivity contribution is 9.11. The van der Waals surface area contributed by atoms with Gasteiger partial charge in [0, 0.05) is 10.4 Å². The molecule has 0 aliphatic carbocycles. The van der Waals surface area contributed by atoms with Crippen molar-refractivity contribution < 1.29 is 4.43 Å². The van der Waals surface area contributed by atoms with E-state index < -0.39 is 14.4 Å². The number of hydrogen-bond acceptors (Lipinski definition) is 3. The second-order valence-electron chi connectivity index (χ2n) is 5.45. The van der Waals surface area contributed by atoms with Gasteiger partial charge in [-0.15, -0.1) is 11.3 Å². The maximum Gasteiger partial charge on any atom is 0.186 e. The molecule has 0 spiro atoms. The van der Waals surface area contributed by atoms with Crippen molar-refractivity contribution in [3.63, 3.8) is 0 Å². The molecule has 0 aliphatic heterocycles. The molecule has 2 nitrogen and oxygen atoms in total. The Morgan fingerprint density at radius 2 is 1.90 bits per heavy atom. The zero-order valence-electron chi connectivity index (χ0n) is 11.7. The minimum atomic E-state index is -1.76. The van der Waals surface area contributed by atoms with Crippen LogP contribution < -0.4 is 0 Å². The minimum absolute atomic E-state index is 0.496. The van der Waals surface area contributed by atoms with E-state index in [2.05, 4.69) is 59.8 Å². The highest BCUT2D eigenvalue weighted by Gasteiger charge is 2.25. The van der Waals surface area contributed by atoms with E-state index in [0.717, 1.165) is 19.8 Å². The van der Waals surface area contributed by atoms with Gasteiger partial charge in [-0.1, -0.05) is 30.3 Å². The van der Waals surface area contributed by atoms with Crippen LogP contribution in [0.1, 0.15) is 11.7 Å². The van der Waals surface area contributed by atoms with Crippen molar-refractivity contribution in [2.75, 3.05) is 0 Å². The number of nitriles is 1. The van der Waals surface area contributed by atoms with Gasteiger partial charge >= 0.3 is 0 Å².